The van der Waals surface area contributed by atoms with E-state index < -0.39 is 12.0 Å². The highest BCUT2D eigenvalue weighted by atomic mass is 19.1. The van der Waals surface area contributed by atoms with Gasteiger partial charge >= 0.3 is 5.97 Å². The molecule has 0 amide bonds. The van der Waals surface area contributed by atoms with E-state index in [4.69, 9.17) is 0 Å². The molecule has 0 radical (unpaired) electrons. The summed E-state index contributed by atoms with van der Waals surface area (Å²) in [6.45, 7) is 3.22. The molecule has 104 valence electrons. The van der Waals surface area contributed by atoms with Crippen molar-refractivity contribution in [3.63, 3.8) is 0 Å². The van der Waals surface area contributed by atoms with Crippen LogP contribution in [0.3, 0.4) is 0 Å². The highest BCUT2D eigenvalue weighted by Gasteiger charge is 2.28. The number of aliphatic carboxylic acids is 1. The van der Waals surface area contributed by atoms with Gasteiger partial charge in [0.2, 0.25) is 0 Å². The molecule has 1 fully saturated rings. The SMILES string of the molecule is Cc1ccc(C(C(=O)O)N2CCCCCC2)cc1F. The largest absolute Gasteiger partial charge is 0.480 e. The second-order valence-corrected chi connectivity index (χ2v) is 5.20. The van der Waals surface area contributed by atoms with E-state index in [1.807, 2.05) is 4.90 Å². The molecular weight excluding hydrogens is 245 g/mol. The van der Waals surface area contributed by atoms with Crippen LogP contribution in [0, 0.1) is 12.7 Å². The van der Waals surface area contributed by atoms with Gasteiger partial charge in [0.05, 0.1) is 0 Å². The van der Waals surface area contributed by atoms with Gasteiger partial charge < -0.3 is 5.11 Å². The summed E-state index contributed by atoms with van der Waals surface area (Å²) in [5.74, 6) is -1.23. The van der Waals surface area contributed by atoms with E-state index in [1.54, 1.807) is 19.1 Å². The normalized spacial score (nSPS) is 18.8. The van der Waals surface area contributed by atoms with Gasteiger partial charge in [-0.05, 0) is 50.0 Å². The fraction of sp³-hybridized carbons (Fsp3) is 0.533. The third kappa shape index (κ3) is 3.32. The van der Waals surface area contributed by atoms with Crippen LogP contribution in [-0.2, 0) is 4.79 Å². The molecule has 1 aromatic carbocycles. The highest BCUT2D eigenvalue weighted by Crippen LogP contribution is 2.25. The van der Waals surface area contributed by atoms with E-state index in [-0.39, 0.29) is 5.82 Å². The van der Waals surface area contributed by atoms with Crippen LogP contribution >= 0.6 is 0 Å². The minimum atomic E-state index is -0.898. The van der Waals surface area contributed by atoms with Gasteiger partial charge in [-0.3, -0.25) is 9.69 Å². The van der Waals surface area contributed by atoms with Gasteiger partial charge in [0.1, 0.15) is 11.9 Å². The zero-order valence-electron chi connectivity index (χ0n) is 11.2. The predicted octanol–water partition coefficient (Wildman–Crippen LogP) is 3.14. The summed E-state index contributed by atoms with van der Waals surface area (Å²) in [5, 5.41) is 9.47. The zero-order valence-corrected chi connectivity index (χ0v) is 11.2. The molecule has 1 atom stereocenters. The van der Waals surface area contributed by atoms with Crippen LogP contribution in [0.5, 0.6) is 0 Å². The van der Waals surface area contributed by atoms with Crippen LogP contribution in [0.1, 0.15) is 42.9 Å². The molecule has 1 unspecified atom stereocenters. The Balaban J connectivity index is 2.27. The first-order valence-corrected chi connectivity index (χ1v) is 6.82. The number of carboxylic acids is 1. The van der Waals surface area contributed by atoms with Crippen LogP contribution in [0.15, 0.2) is 18.2 Å². The smallest absolute Gasteiger partial charge is 0.325 e. The molecule has 19 heavy (non-hydrogen) atoms. The van der Waals surface area contributed by atoms with Crippen molar-refractivity contribution in [1.82, 2.24) is 4.90 Å². The topological polar surface area (TPSA) is 40.5 Å². The van der Waals surface area contributed by atoms with E-state index in [0.29, 0.717) is 11.1 Å². The maximum absolute atomic E-state index is 13.6. The van der Waals surface area contributed by atoms with Gasteiger partial charge in [-0.1, -0.05) is 25.0 Å². The number of nitrogens with zero attached hydrogens (tertiary/aromatic N) is 1. The summed E-state index contributed by atoms with van der Waals surface area (Å²) < 4.78 is 13.6. The van der Waals surface area contributed by atoms with E-state index >= 15 is 0 Å². The lowest BCUT2D eigenvalue weighted by Gasteiger charge is -2.27. The van der Waals surface area contributed by atoms with E-state index in [0.717, 1.165) is 38.8 Å². The first-order chi connectivity index (χ1) is 9.09. The highest BCUT2D eigenvalue weighted by molar-refractivity contribution is 5.75. The lowest BCUT2D eigenvalue weighted by Crippen LogP contribution is -2.35. The summed E-state index contributed by atoms with van der Waals surface area (Å²) in [7, 11) is 0. The Hall–Kier alpha value is -1.42. The number of hydrogen-bond acceptors (Lipinski definition) is 2. The van der Waals surface area contributed by atoms with E-state index in [2.05, 4.69) is 0 Å². The molecule has 1 aliphatic rings. The van der Waals surface area contributed by atoms with Crippen LogP contribution in [-0.4, -0.2) is 29.1 Å². The molecule has 0 saturated carbocycles. The van der Waals surface area contributed by atoms with Crippen molar-refractivity contribution in [3.8, 4) is 0 Å². The molecule has 1 aliphatic heterocycles. The average Bonchev–Trinajstić information content (AvgIpc) is 2.62. The Kier molecular flexibility index (Phi) is 4.53. The lowest BCUT2D eigenvalue weighted by molar-refractivity contribution is -0.143. The first kappa shape index (κ1) is 14.0. The Morgan fingerprint density at radius 2 is 1.89 bits per heavy atom. The van der Waals surface area contributed by atoms with Gasteiger partial charge in [-0.15, -0.1) is 0 Å². The molecule has 0 aromatic heterocycles. The Morgan fingerprint density at radius 3 is 2.42 bits per heavy atom. The number of likely N-dealkylation sites (tertiary alicyclic amines) is 1. The summed E-state index contributed by atoms with van der Waals surface area (Å²) >= 11 is 0. The molecule has 3 nitrogen and oxygen atoms in total. The number of carboxylic acid groups (broad SMARTS) is 1. The maximum Gasteiger partial charge on any atom is 0.325 e. The molecular formula is C15H20FNO2. The van der Waals surface area contributed by atoms with Gasteiger partial charge in [0, 0.05) is 0 Å². The molecule has 0 bridgehead atoms. The van der Waals surface area contributed by atoms with Gasteiger partial charge in [-0.25, -0.2) is 4.39 Å². The Bertz CT molecular complexity index is 453. The van der Waals surface area contributed by atoms with Crippen LogP contribution in [0.4, 0.5) is 4.39 Å². The molecule has 2 rings (SSSR count). The maximum atomic E-state index is 13.6. The number of aryl methyl sites for hydroxylation is 1. The van der Waals surface area contributed by atoms with Crippen molar-refractivity contribution in [1.29, 1.82) is 0 Å². The number of rotatable bonds is 3. The molecule has 1 heterocycles. The van der Waals surface area contributed by atoms with Crippen LogP contribution in [0.25, 0.3) is 0 Å². The van der Waals surface area contributed by atoms with Crippen molar-refractivity contribution in [2.75, 3.05) is 13.1 Å². The van der Waals surface area contributed by atoms with Crippen molar-refractivity contribution < 1.29 is 14.3 Å². The minimum absolute atomic E-state index is 0.335. The fourth-order valence-corrected chi connectivity index (χ4v) is 2.64. The number of halogens is 1. The number of hydrogen-bond donors (Lipinski definition) is 1. The Morgan fingerprint density at radius 1 is 1.26 bits per heavy atom. The van der Waals surface area contributed by atoms with Crippen molar-refractivity contribution in [2.45, 2.75) is 38.6 Å². The van der Waals surface area contributed by atoms with Crippen LogP contribution < -0.4 is 0 Å². The minimum Gasteiger partial charge on any atom is -0.480 e. The van der Waals surface area contributed by atoms with Gasteiger partial charge in [0.15, 0.2) is 0 Å². The molecule has 1 saturated heterocycles. The second-order valence-electron chi connectivity index (χ2n) is 5.20. The Labute approximate surface area is 113 Å². The lowest BCUT2D eigenvalue weighted by atomic mass is 10.0. The van der Waals surface area contributed by atoms with Crippen molar-refractivity contribution in [2.24, 2.45) is 0 Å². The third-order valence-corrected chi connectivity index (χ3v) is 3.75. The van der Waals surface area contributed by atoms with Crippen molar-refractivity contribution >= 4 is 5.97 Å². The molecule has 0 spiro atoms. The standard InChI is InChI=1S/C15H20FNO2/c1-11-6-7-12(10-13(11)16)14(15(18)19)17-8-4-2-3-5-9-17/h6-7,10,14H,2-5,8-9H2,1H3,(H,18,19). The first-order valence-electron chi connectivity index (χ1n) is 6.82. The van der Waals surface area contributed by atoms with Crippen LogP contribution in [0.2, 0.25) is 0 Å². The third-order valence-electron chi connectivity index (χ3n) is 3.75. The number of benzene rings is 1. The average molecular weight is 265 g/mol. The summed E-state index contributed by atoms with van der Waals surface area (Å²) in [4.78, 5) is 13.5. The molecule has 1 aromatic rings. The second kappa shape index (κ2) is 6.15. The fourth-order valence-electron chi connectivity index (χ4n) is 2.64. The summed E-state index contributed by atoms with van der Waals surface area (Å²) in [6, 6.07) is 4.01. The summed E-state index contributed by atoms with van der Waals surface area (Å²) in [5.41, 5.74) is 1.08. The van der Waals surface area contributed by atoms with Gasteiger partial charge in [0.25, 0.3) is 0 Å². The summed E-state index contributed by atoms with van der Waals surface area (Å²) in [6.07, 6.45) is 4.31. The predicted molar refractivity (Wildman–Crippen MR) is 71.6 cm³/mol. The quantitative estimate of drug-likeness (QED) is 0.912. The monoisotopic (exact) mass is 265 g/mol. The molecule has 0 aliphatic carbocycles. The number of carbonyl (C=O) groups is 1. The van der Waals surface area contributed by atoms with Crippen molar-refractivity contribution in [3.05, 3.63) is 35.1 Å². The van der Waals surface area contributed by atoms with E-state index in [1.165, 1.54) is 6.07 Å². The molecule has 1 N–H and O–H groups in total. The zero-order chi connectivity index (χ0) is 13.8. The van der Waals surface area contributed by atoms with Gasteiger partial charge in [-0.2, -0.15) is 0 Å². The van der Waals surface area contributed by atoms with E-state index in [9.17, 15) is 14.3 Å². The molecule has 4 heteroatoms.